The number of amides is 2. The van der Waals surface area contributed by atoms with Gasteiger partial charge in [0.25, 0.3) is 0 Å². The molecule has 2 aromatic carbocycles. The molecule has 0 atom stereocenters. The lowest BCUT2D eigenvalue weighted by Gasteiger charge is -2.22. The van der Waals surface area contributed by atoms with Crippen molar-refractivity contribution in [3.05, 3.63) is 59.7 Å². The molecule has 0 aliphatic heterocycles. The predicted octanol–water partition coefficient (Wildman–Crippen LogP) is 2.28. The summed E-state index contributed by atoms with van der Waals surface area (Å²) in [7, 11) is -3.46. The molecular formula is C19H23N3O4S. The molecule has 0 aliphatic carbocycles. The predicted molar refractivity (Wildman–Crippen MR) is 106 cm³/mol. The maximum atomic E-state index is 12.1. The number of carbonyl (C=O) groups excluding carboxylic acids is 2. The van der Waals surface area contributed by atoms with E-state index in [1.807, 2.05) is 13.0 Å². The van der Waals surface area contributed by atoms with E-state index in [1.54, 1.807) is 36.4 Å². The minimum absolute atomic E-state index is 0.138. The Balaban J connectivity index is 1.97. The number of rotatable bonds is 8. The zero-order chi connectivity index (χ0) is 20.0. The molecule has 8 heteroatoms. The Morgan fingerprint density at radius 2 is 1.81 bits per heavy atom. The first-order valence-electron chi connectivity index (χ1n) is 8.41. The zero-order valence-corrected chi connectivity index (χ0v) is 16.1. The highest BCUT2D eigenvalue weighted by atomic mass is 32.2. The van der Waals surface area contributed by atoms with Crippen molar-refractivity contribution in [1.29, 1.82) is 0 Å². The summed E-state index contributed by atoms with van der Waals surface area (Å²) >= 11 is 0. The summed E-state index contributed by atoms with van der Waals surface area (Å²) in [6, 6.07) is 13.5. The molecule has 0 saturated heterocycles. The normalized spacial score (nSPS) is 11.0. The summed E-state index contributed by atoms with van der Waals surface area (Å²) in [4.78, 5) is 23.3. The number of hydrogen-bond donors (Lipinski definition) is 2. The Kier molecular flexibility index (Phi) is 6.57. The van der Waals surface area contributed by atoms with E-state index < -0.39 is 15.9 Å². The number of nitrogens with one attached hydrogen (secondary N) is 1. The molecule has 0 radical (unpaired) electrons. The number of sulfonamides is 1. The van der Waals surface area contributed by atoms with E-state index in [9.17, 15) is 18.0 Å². The summed E-state index contributed by atoms with van der Waals surface area (Å²) in [5.41, 5.74) is 7.52. The summed E-state index contributed by atoms with van der Waals surface area (Å²) in [5.74, 6) is -0.845. The molecule has 0 aliphatic rings. The number of nitrogens with zero attached hydrogens (tertiary/aromatic N) is 1. The number of nitrogens with two attached hydrogens (primary N) is 1. The van der Waals surface area contributed by atoms with E-state index >= 15 is 0 Å². The van der Waals surface area contributed by atoms with E-state index in [2.05, 4.69) is 5.32 Å². The molecule has 0 bridgehead atoms. The van der Waals surface area contributed by atoms with Crippen LogP contribution in [0.4, 0.5) is 11.4 Å². The second-order valence-electron chi connectivity index (χ2n) is 6.27. The van der Waals surface area contributed by atoms with Gasteiger partial charge in [-0.3, -0.25) is 13.9 Å². The van der Waals surface area contributed by atoms with Gasteiger partial charge in [-0.15, -0.1) is 0 Å². The molecule has 2 aromatic rings. The lowest BCUT2D eigenvalue weighted by molar-refractivity contribution is -0.116. The van der Waals surface area contributed by atoms with E-state index in [1.165, 1.54) is 10.4 Å². The van der Waals surface area contributed by atoms with Crippen LogP contribution >= 0.6 is 0 Å². The van der Waals surface area contributed by atoms with Crippen LogP contribution in [0.1, 0.15) is 28.8 Å². The van der Waals surface area contributed by atoms with Gasteiger partial charge in [0.15, 0.2) is 0 Å². The Hall–Kier alpha value is -2.87. The van der Waals surface area contributed by atoms with Crippen molar-refractivity contribution in [3.8, 4) is 0 Å². The number of benzene rings is 2. The topological polar surface area (TPSA) is 110 Å². The van der Waals surface area contributed by atoms with Gasteiger partial charge in [0.1, 0.15) is 0 Å². The fourth-order valence-corrected chi connectivity index (χ4v) is 3.58. The van der Waals surface area contributed by atoms with Crippen LogP contribution in [-0.2, 0) is 14.8 Å². The number of anilines is 2. The van der Waals surface area contributed by atoms with Gasteiger partial charge < -0.3 is 11.1 Å². The molecular weight excluding hydrogens is 366 g/mol. The smallest absolute Gasteiger partial charge is 0.248 e. The largest absolute Gasteiger partial charge is 0.366 e. The van der Waals surface area contributed by atoms with Gasteiger partial charge in [-0.25, -0.2) is 8.42 Å². The molecule has 0 unspecified atom stereocenters. The standard InChI is InChI=1S/C19H23N3O4S/c1-14-6-3-9-17(12-14)22(27(2,25)26)11-5-10-18(23)21-16-8-4-7-15(13-16)19(20)24/h3-4,6-9,12-13H,5,10-11H2,1-2H3,(H2,20,24)(H,21,23). The van der Waals surface area contributed by atoms with Crippen LogP contribution in [0.3, 0.4) is 0 Å². The molecule has 0 saturated carbocycles. The Labute approximate surface area is 159 Å². The molecule has 144 valence electrons. The summed E-state index contributed by atoms with van der Waals surface area (Å²) in [6.45, 7) is 2.08. The average molecular weight is 389 g/mol. The molecule has 2 rings (SSSR count). The third-order valence-corrected chi connectivity index (χ3v) is 5.08. The maximum Gasteiger partial charge on any atom is 0.248 e. The number of aryl methyl sites for hydroxylation is 1. The summed E-state index contributed by atoms with van der Waals surface area (Å²) < 4.78 is 25.5. The van der Waals surface area contributed by atoms with Gasteiger partial charge in [0.05, 0.1) is 11.9 Å². The van der Waals surface area contributed by atoms with Crippen LogP contribution < -0.4 is 15.4 Å². The molecule has 27 heavy (non-hydrogen) atoms. The highest BCUT2D eigenvalue weighted by Crippen LogP contribution is 2.19. The Morgan fingerprint density at radius 3 is 2.44 bits per heavy atom. The fraction of sp³-hybridized carbons (Fsp3) is 0.263. The lowest BCUT2D eigenvalue weighted by atomic mass is 10.2. The minimum Gasteiger partial charge on any atom is -0.366 e. The van der Waals surface area contributed by atoms with Crippen molar-refractivity contribution in [2.45, 2.75) is 19.8 Å². The lowest BCUT2D eigenvalue weighted by Crippen LogP contribution is -2.31. The van der Waals surface area contributed by atoms with Crippen LogP contribution in [0.2, 0.25) is 0 Å². The highest BCUT2D eigenvalue weighted by molar-refractivity contribution is 7.92. The van der Waals surface area contributed by atoms with Crippen LogP contribution in [0, 0.1) is 6.92 Å². The number of hydrogen-bond acceptors (Lipinski definition) is 4. The van der Waals surface area contributed by atoms with Gasteiger partial charge in [-0.1, -0.05) is 18.2 Å². The summed E-state index contributed by atoms with van der Waals surface area (Å²) in [5, 5.41) is 2.68. The first-order valence-corrected chi connectivity index (χ1v) is 10.3. The summed E-state index contributed by atoms with van der Waals surface area (Å²) in [6.07, 6.45) is 1.63. The third-order valence-electron chi connectivity index (χ3n) is 3.89. The zero-order valence-electron chi connectivity index (χ0n) is 15.3. The van der Waals surface area contributed by atoms with E-state index in [-0.39, 0.29) is 18.9 Å². The molecule has 2 amide bonds. The fourth-order valence-electron chi connectivity index (χ4n) is 2.63. The minimum atomic E-state index is -3.46. The monoisotopic (exact) mass is 389 g/mol. The van der Waals surface area contributed by atoms with Gasteiger partial charge in [-0.2, -0.15) is 0 Å². The second kappa shape index (κ2) is 8.68. The van der Waals surface area contributed by atoms with Crippen molar-refractivity contribution < 1.29 is 18.0 Å². The molecule has 0 heterocycles. The van der Waals surface area contributed by atoms with Crippen molar-refractivity contribution in [2.75, 3.05) is 22.4 Å². The molecule has 0 fully saturated rings. The van der Waals surface area contributed by atoms with Crippen LogP contribution in [0.5, 0.6) is 0 Å². The SMILES string of the molecule is Cc1cccc(N(CCCC(=O)Nc2cccc(C(N)=O)c2)S(C)(=O)=O)c1. The van der Waals surface area contributed by atoms with Crippen molar-refractivity contribution in [2.24, 2.45) is 5.73 Å². The first-order chi connectivity index (χ1) is 12.7. The van der Waals surface area contributed by atoms with Crippen molar-refractivity contribution in [3.63, 3.8) is 0 Å². The Morgan fingerprint density at radius 1 is 1.11 bits per heavy atom. The van der Waals surface area contributed by atoms with E-state index in [0.717, 1.165) is 11.8 Å². The van der Waals surface area contributed by atoms with Crippen LogP contribution in [0.15, 0.2) is 48.5 Å². The van der Waals surface area contributed by atoms with Gasteiger partial charge >= 0.3 is 0 Å². The van der Waals surface area contributed by atoms with Gasteiger partial charge in [-0.05, 0) is 49.2 Å². The molecule has 0 aromatic heterocycles. The van der Waals surface area contributed by atoms with Gasteiger partial charge in [0.2, 0.25) is 21.8 Å². The number of carbonyl (C=O) groups is 2. The van der Waals surface area contributed by atoms with Crippen LogP contribution in [-0.4, -0.2) is 33.0 Å². The highest BCUT2D eigenvalue weighted by Gasteiger charge is 2.17. The van der Waals surface area contributed by atoms with Crippen molar-refractivity contribution >= 4 is 33.2 Å². The quantitative estimate of drug-likeness (QED) is 0.722. The molecule has 3 N–H and O–H groups in total. The third kappa shape index (κ3) is 6.10. The van der Waals surface area contributed by atoms with Gasteiger partial charge in [0, 0.05) is 24.2 Å². The maximum absolute atomic E-state index is 12.1. The first kappa shape index (κ1) is 20.4. The van der Waals surface area contributed by atoms with E-state index in [4.69, 9.17) is 5.73 Å². The van der Waals surface area contributed by atoms with Crippen LogP contribution in [0.25, 0.3) is 0 Å². The second-order valence-corrected chi connectivity index (χ2v) is 8.18. The van der Waals surface area contributed by atoms with E-state index in [0.29, 0.717) is 23.4 Å². The number of primary amides is 1. The van der Waals surface area contributed by atoms with Crippen molar-refractivity contribution in [1.82, 2.24) is 0 Å². The molecule has 0 spiro atoms. The average Bonchev–Trinajstić information content (AvgIpc) is 2.57. The molecule has 7 nitrogen and oxygen atoms in total. The Bertz CT molecular complexity index is 941.